The second kappa shape index (κ2) is 9.38. The molecule has 5 rings (SSSR count). The van der Waals surface area contributed by atoms with Crippen molar-refractivity contribution in [2.24, 2.45) is 5.92 Å². The number of nitrogens with one attached hydrogen (secondary N) is 1. The molecule has 1 unspecified atom stereocenters. The second-order valence-electron chi connectivity index (χ2n) is 9.31. The Labute approximate surface area is 198 Å². The SMILES string of the molecule is COc1ccc(Cn2nnnc2C(c2cc3ccc(C)cc3[nH]c2=O)N2CCC(C)CC2)cc1. The zero-order valence-corrected chi connectivity index (χ0v) is 19.9. The number of likely N-dealkylation sites (tertiary alicyclic amines) is 1. The van der Waals surface area contributed by atoms with Crippen LogP contribution < -0.4 is 10.3 Å². The Bertz CT molecular complexity index is 1340. The number of benzene rings is 2. The van der Waals surface area contributed by atoms with E-state index in [9.17, 15) is 4.79 Å². The lowest BCUT2D eigenvalue weighted by molar-refractivity contribution is 0.149. The first kappa shape index (κ1) is 22.3. The summed E-state index contributed by atoms with van der Waals surface area (Å²) in [6.07, 6.45) is 2.17. The van der Waals surface area contributed by atoms with Gasteiger partial charge in [-0.15, -0.1) is 5.10 Å². The number of tetrazole rings is 1. The van der Waals surface area contributed by atoms with Gasteiger partial charge in [-0.05, 0) is 90.0 Å². The van der Waals surface area contributed by atoms with Crippen LogP contribution in [0.4, 0.5) is 0 Å². The largest absolute Gasteiger partial charge is 0.497 e. The van der Waals surface area contributed by atoms with E-state index in [0.717, 1.165) is 53.7 Å². The van der Waals surface area contributed by atoms with Gasteiger partial charge < -0.3 is 9.72 Å². The Morgan fingerprint density at radius 1 is 1.12 bits per heavy atom. The summed E-state index contributed by atoms with van der Waals surface area (Å²) in [6.45, 7) is 6.61. The van der Waals surface area contributed by atoms with Crippen molar-refractivity contribution in [3.63, 3.8) is 0 Å². The van der Waals surface area contributed by atoms with Crippen molar-refractivity contribution in [3.05, 3.63) is 81.4 Å². The van der Waals surface area contributed by atoms with Crippen molar-refractivity contribution in [3.8, 4) is 5.75 Å². The summed E-state index contributed by atoms with van der Waals surface area (Å²) in [5.41, 5.74) is 3.60. The maximum Gasteiger partial charge on any atom is 0.253 e. The predicted octanol–water partition coefficient (Wildman–Crippen LogP) is 3.70. The van der Waals surface area contributed by atoms with Gasteiger partial charge in [0, 0.05) is 11.1 Å². The van der Waals surface area contributed by atoms with Gasteiger partial charge in [0.1, 0.15) is 11.8 Å². The van der Waals surface area contributed by atoms with Gasteiger partial charge in [0.2, 0.25) is 0 Å². The standard InChI is InChI=1S/C26H30N6O2/c1-17-10-12-31(13-11-17)24(22-15-20-7-4-18(2)14-23(20)27-26(22)33)25-28-29-30-32(25)16-19-5-8-21(34-3)9-6-19/h4-9,14-15,17,24H,10-13,16H2,1-3H3,(H,27,33). The van der Waals surface area contributed by atoms with Gasteiger partial charge >= 0.3 is 0 Å². The third-order valence-electron chi connectivity index (χ3n) is 6.80. The zero-order chi connectivity index (χ0) is 23.7. The molecule has 0 radical (unpaired) electrons. The number of ether oxygens (including phenoxy) is 1. The van der Waals surface area contributed by atoms with Crippen molar-refractivity contribution in [1.29, 1.82) is 0 Å². The van der Waals surface area contributed by atoms with Crippen molar-refractivity contribution < 1.29 is 4.74 Å². The molecule has 1 aliphatic rings. The van der Waals surface area contributed by atoms with E-state index < -0.39 is 0 Å². The van der Waals surface area contributed by atoms with E-state index in [1.54, 1.807) is 7.11 Å². The first-order chi connectivity index (χ1) is 16.5. The Morgan fingerprint density at radius 2 is 1.88 bits per heavy atom. The molecule has 0 aliphatic carbocycles. The predicted molar refractivity (Wildman–Crippen MR) is 131 cm³/mol. The molecule has 1 aliphatic heterocycles. The summed E-state index contributed by atoms with van der Waals surface area (Å²) >= 11 is 0. The molecule has 0 amide bonds. The number of H-pyrrole nitrogens is 1. The maximum atomic E-state index is 13.4. The highest BCUT2D eigenvalue weighted by molar-refractivity contribution is 5.79. The molecule has 1 fully saturated rings. The Morgan fingerprint density at radius 3 is 2.62 bits per heavy atom. The molecule has 1 atom stereocenters. The minimum atomic E-state index is -0.324. The quantitative estimate of drug-likeness (QED) is 0.474. The number of hydrogen-bond donors (Lipinski definition) is 1. The smallest absolute Gasteiger partial charge is 0.253 e. The van der Waals surface area contributed by atoms with E-state index in [-0.39, 0.29) is 11.6 Å². The molecule has 8 heteroatoms. The molecule has 4 aromatic rings. The summed E-state index contributed by atoms with van der Waals surface area (Å²) in [5.74, 6) is 2.16. The molecule has 8 nitrogen and oxygen atoms in total. The third kappa shape index (κ3) is 4.46. The average Bonchev–Trinajstić information content (AvgIpc) is 3.29. The molecule has 3 heterocycles. The zero-order valence-electron chi connectivity index (χ0n) is 19.9. The fourth-order valence-corrected chi connectivity index (χ4v) is 4.74. The molecule has 0 saturated carbocycles. The molecule has 2 aromatic carbocycles. The second-order valence-corrected chi connectivity index (χ2v) is 9.31. The van der Waals surface area contributed by atoms with Gasteiger partial charge in [-0.3, -0.25) is 9.69 Å². The summed E-state index contributed by atoms with van der Waals surface area (Å²) in [5, 5.41) is 13.7. The number of methoxy groups -OCH3 is 1. The van der Waals surface area contributed by atoms with E-state index in [4.69, 9.17) is 4.74 Å². The number of aromatic nitrogens is 5. The maximum absolute atomic E-state index is 13.4. The normalized spacial score (nSPS) is 16.1. The van der Waals surface area contributed by atoms with Crippen LogP contribution in [0, 0.1) is 12.8 Å². The van der Waals surface area contributed by atoms with Crippen molar-refractivity contribution in [2.75, 3.05) is 20.2 Å². The fraction of sp³-hybridized carbons (Fsp3) is 0.385. The van der Waals surface area contributed by atoms with Crippen molar-refractivity contribution in [1.82, 2.24) is 30.1 Å². The van der Waals surface area contributed by atoms with Gasteiger partial charge in [-0.1, -0.05) is 31.2 Å². The highest BCUT2D eigenvalue weighted by Crippen LogP contribution is 2.31. The first-order valence-electron chi connectivity index (χ1n) is 11.8. The van der Waals surface area contributed by atoms with Crippen LogP contribution in [0.2, 0.25) is 0 Å². The summed E-state index contributed by atoms with van der Waals surface area (Å²) < 4.78 is 7.08. The van der Waals surface area contributed by atoms with Gasteiger partial charge in [0.25, 0.3) is 5.56 Å². The minimum Gasteiger partial charge on any atom is -0.497 e. The number of rotatable bonds is 6. The molecule has 0 bridgehead atoms. The molecule has 1 saturated heterocycles. The van der Waals surface area contributed by atoms with Crippen LogP contribution >= 0.6 is 0 Å². The van der Waals surface area contributed by atoms with Gasteiger partial charge in [0.05, 0.1) is 13.7 Å². The molecule has 1 N–H and O–H groups in total. The number of aryl methyl sites for hydroxylation is 1. The van der Waals surface area contributed by atoms with E-state index in [2.05, 4.69) is 44.5 Å². The van der Waals surface area contributed by atoms with Crippen LogP contribution in [0.1, 0.15) is 48.3 Å². The van der Waals surface area contributed by atoms with E-state index >= 15 is 0 Å². The lowest BCUT2D eigenvalue weighted by Crippen LogP contribution is -2.40. The van der Waals surface area contributed by atoms with Crippen LogP contribution in [0.15, 0.2) is 53.3 Å². The van der Waals surface area contributed by atoms with Gasteiger partial charge in [-0.2, -0.15) is 0 Å². The summed E-state index contributed by atoms with van der Waals surface area (Å²) in [7, 11) is 1.65. The monoisotopic (exact) mass is 458 g/mol. The molecule has 176 valence electrons. The Balaban J connectivity index is 1.57. The Kier molecular flexibility index (Phi) is 6.15. The fourth-order valence-electron chi connectivity index (χ4n) is 4.74. The minimum absolute atomic E-state index is 0.0966. The lowest BCUT2D eigenvalue weighted by Gasteiger charge is -2.35. The number of fused-ring (bicyclic) bond motifs is 1. The number of aromatic amines is 1. The number of pyridine rings is 1. The van der Waals surface area contributed by atoms with Crippen LogP contribution in [0.25, 0.3) is 10.9 Å². The van der Waals surface area contributed by atoms with E-state index in [1.165, 1.54) is 0 Å². The highest BCUT2D eigenvalue weighted by Gasteiger charge is 2.32. The van der Waals surface area contributed by atoms with Crippen LogP contribution in [0.3, 0.4) is 0 Å². The summed E-state index contributed by atoms with van der Waals surface area (Å²) in [6, 6.07) is 15.7. The number of hydrogen-bond acceptors (Lipinski definition) is 6. The Hall–Kier alpha value is -3.52. The topological polar surface area (TPSA) is 88.9 Å². The average molecular weight is 459 g/mol. The van der Waals surface area contributed by atoms with E-state index in [1.807, 2.05) is 48.0 Å². The molecule has 34 heavy (non-hydrogen) atoms. The number of piperidine rings is 1. The molecular formula is C26H30N6O2. The van der Waals surface area contributed by atoms with E-state index in [0.29, 0.717) is 23.9 Å². The lowest BCUT2D eigenvalue weighted by atomic mass is 9.95. The first-order valence-corrected chi connectivity index (χ1v) is 11.8. The van der Waals surface area contributed by atoms with Gasteiger partial charge in [-0.25, -0.2) is 4.68 Å². The van der Waals surface area contributed by atoms with Crippen molar-refractivity contribution in [2.45, 2.75) is 39.3 Å². The van der Waals surface area contributed by atoms with Gasteiger partial charge in [0.15, 0.2) is 5.82 Å². The molecular weight excluding hydrogens is 428 g/mol. The van der Waals surface area contributed by atoms with Crippen molar-refractivity contribution >= 4 is 10.9 Å². The number of nitrogens with zero attached hydrogens (tertiary/aromatic N) is 5. The molecule has 2 aromatic heterocycles. The molecule has 0 spiro atoms. The van der Waals surface area contributed by atoms with Crippen LogP contribution in [-0.4, -0.2) is 50.3 Å². The summed E-state index contributed by atoms with van der Waals surface area (Å²) in [4.78, 5) is 18.8. The third-order valence-corrected chi connectivity index (χ3v) is 6.80. The van der Waals surface area contributed by atoms with Crippen LogP contribution in [0.5, 0.6) is 5.75 Å². The highest BCUT2D eigenvalue weighted by atomic mass is 16.5. The van der Waals surface area contributed by atoms with Crippen LogP contribution in [-0.2, 0) is 6.54 Å².